The Balaban J connectivity index is 1.76. The Labute approximate surface area is 135 Å². The number of hydrogen-bond acceptors (Lipinski definition) is 3. The van der Waals surface area contributed by atoms with Gasteiger partial charge in [0, 0.05) is 13.0 Å². The fourth-order valence-electron chi connectivity index (χ4n) is 2.81. The topological polar surface area (TPSA) is 46.6 Å². The van der Waals surface area contributed by atoms with Gasteiger partial charge in [-0.1, -0.05) is 42.0 Å². The largest absolute Gasteiger partial charge is 0.457 e. The molecule has 0 radical (unpaired) electrons. The van der Waals surface area contributed by atoms with E-state index < -0.39 is 5.97 Å². The van der Waals surface area contributed by atoms with Gasteiger partial charge in [0.2, 0.25) is 5.91 Å². The highest BCUT2D eigenvalue weighted by Crippen LogP contribution is 2.26. The lowest BCUT2D eigenvalue weighted by Crippen LogP contribution is -2.26. The Kier molecular flexibility index (Phi) is 4.42. The number of esters is 1. The third-order valence-electron chi connectivity index (χ3n) is 3.94. The summed E-state index contributed by atoms with van der Waals surface area (Å²) < 4.78 is 5.43. The van der Waals surface area contributed by atoms with Crippen molar-refractivity contribution in [1.29, 1.82) is 0 Å². The van der Waals surface area contributed by atoms with Crippen molar-refractivity contribution in [3.05, 3.63) is 65.2 Å². The molecule has 0 aliphatic carbocycles. The van der Waals surface area contributed by atoms with Crippen molar-refractivity contribution in [2.24, 2.45) is 0 Å². The molecule has 0 atom stereocenters. The summed E-state index contributed by atoms with van der Waals surface area (Å²) in [5.74, 6) is -0.342. The predicted molar refractivity (Wildman–Crippen MR) is 88.3 cm³/mol. The van der Waals surface area contributed by atoms with Crippen LogP contribution in [0.15, 0.2) is 48.5 Å². The second-order valence-electron chi connectivity index (χ2n) is 5.73. The number of carbonyl (C=O) groups excluding carboxylic acids is 2. The summed E-state index contributed by atoms with van der Waals surface area (Å²) in [5.41, 5.74) is 3.16. The molecule has 1 aliphatic heterocycles. The highest BCUT2D eigenvalue weighted by molar-refractivity contribution is 6.03. The second kappa shape index (κ2) is 6.65. The molecule has 1 saturated heterocycles. The van der Waals surface area contributed by atoms with Gasteiger partial charge in [0.05, 0.1) is 11.3 Å². The van der Waals surface area contributed by atoms with Crippen molar-refractivity contribution in [2.75, 3.05) is 11.4 Å². The summed E-state index contributed by atoms with van der Waals surface area (Å²) in [6.07, 6.45) is 1.36. The standard InChI is InChI=1S/C19H19NO3/c1-14-6-4-7-15(12-14)13-23-19(22)16-8-2-3-9-17(16)20-11-5-10-18(20)21/h2-4,6-9,12H,5,10-11,13H2,1H3. The molecule has 23 heavy (non-hydrogen) atoms. The molecule has 1 fully saturated rings. The molecule has 0 saturated carbocycles. The van der Waals surface area contributed by atoms with Gasteiger partial charge in [0.25, 0.3) is 0 Å². The van der Waals surface area contributed by atoms with Gasteiger partial charge in [-0.25, -0.2) is 4.79 Å². The number of amides is 1. The molecule has 0 unspecified atom stereocenters. The van der Waals surface area contributed by atoms with Crippen molar-refractivity contribution in [3.63, 3.8) is 0 Å². The number of anilines is 1. The van der Waals surface area contributed by atoms with Crippen LogP contribution in [0.25, 0.3) is 0 Å². The Morgan fingerprint density at radius 1 is 1.17 bits per heavy atom. The summed E-state index contributed by atoms with van der Waals surface area (Å²) >= 11 is 0. The first-order chi connectivity index (χ1) is 11.1. The third kappa shape index (κ3) is 3.42. The highest BCUT2D eigenvalue weighted by atomic mass is 16.5. The van der Waals surface area contributed by atoms with Gasteiger partial charge in [0.1, 0.15) is 6.61 Å². The lowest BCUT2D eigenvalue weighted by molar-refractivity contribution is -0.117. The number of nitrogens with zero attached hydrogens (tertiary/aromatic N) is 1. The minimum atomic E-state index is -0.401. The maximum absolute atomic E-state index is 12.4. The van der Waals surface area contributed by atoms with E-state index in [1.54, 1.807) is 23.1 Å². The first-order valence-electron chi connectivity index (χ1n) is 7.77. The molecule has 2 aromatic rings. The van der Waals surface area contributed by atoms with Gasteiger partial charge >= 0.3 is 5.97 Å². The van der Waals surface area contributed by atoms with Gasteiger partial charge in [-0.2, -0.15) is 0 Å². The number of ether oxygens (including phenoxy) is 1. The Morgan fingerprint density at radius 2 is 2.00 bits per heavy atom. The average Bonchev–Trinajstić information content (AvgIpc) is 2.98. The fraction of sp³-hybridized carbons (Fsp3) is 0.263. The number of para-hydroxylation sites is 1. The van der Waals surface area contributed by atoms with E-state index in [-0.39, 0.29) is 12.5 Å². The molecule has 1 aliphatic rings. The lowest BCUT2D eigenvalue weighted by atomic mass is 10.1. The van der Waals surface area contributed by atoms with Crippen molar-refractivity contribution in [3.8, 4) is 0 Å². The Hall–Kier alpha value is -2.62. The number of carbonyl (C=O) groups is 2. The summed E-state index contributed by atoms with van der Waals surface area (Å²) in [7, 11) is 0. The number of rotatable bonds is 4. The number of hydrogen-bond donors (Lipinski definition) is 0. The van der Waals surface area contributed by atoms with Gasteiger partial charge < -0.3 is 9.64 Å². The molecule has 4 heteroatoms. The van der Waals surface area contributed by atoms with Crippen LogP contribution >= 0.6 is 0 Å². The summed E-state index contributed by atoms with van der Waals surface area (Å²) in [5, 5.41) is 0. The van der Waals surface area contributed by atoms with Crippen LogP contribution in [0.4, 0.5) is 5.69 Å². The zero-order valence-corrected chi connectivity index (χ0v) is 13.1. The van der Waals surface area contributed by atoms with E-state index in [0.29, 0.717) is 24.2 Å². The van der Waals surface area contributed by atoms with Crippen molar-refractivity contribution >= 4 is 17.6 Å². The Morgan fingerprint density at radius 3 is 2.74 bits per heavy atom. The molecule has 0 spiro atoms. The van der Waals surface area contributed by atoms with Crippen LogP contribution in [0.5, 0.6) is 0 Å². The van der Waals surface area contributed by atoms with Gasteiger partial charge in [-0.3, -0.25) is 4.79 Å². The summed E-state index contributed by atoms with van der Waals surface area (Å²) in [6.45, 7) is 2.88. The maximum atomic E-state index is 12.4. The van der Waals surface area contributed by atoms with E-state index in [4.69, 9.17) is 4.74 Å². The molecule has 0 bridgehead atoms. The Bertz CT molecular complexity index is 739. The van der Waals surface area contributed by atoms with Crippen LogP contribution in [0.2, 0.25) is 0 Å². The molecule has 118 valence electrons. The fourth-order valence-corrected chi connectivity index (χ4v) is 2.81. The van der Waals surface area contributed by atoms with Crippen LogP contribution in [0.3, 0.4) is 0 Å². The zero-order chi connectivity index (χ0) is 16.2. The van der Waals surface area contributed by atoms with Crippen LogP contribution in [0, 0.1) is 6.92 Å². The maximum Gasteiger partial charge on any atom is 0.340 e. The van der Waals surface area contributed by atoms with Crippen LogP contribution in [-0.4, -0.2) is 18.4 Å². The minimum absolute atomic E-state index is 0.0592. The van der Waals surface area contributed by atoms with E-state index in [1.807, 2.05) is 37.3 Å². The normalized spacial score (nSPS) is 14.1. The van der Waals surface area contributed by atoms with E-state index in [2.05, 4.69) is 0 Å². The summed E-state index contributed by atoms with van der Waals surface area (Å²) in [6, 6.07) is 15.0. The third-order valence-corrected chi connectivity index (χ3v) is 3.94. The molecule has 0 N–H and O–H groups in total. The van der Waals surface area contributed by atoms with Gasteiger partial charge in [-0.05, 0) is 31.0 Å². The monoisotopic (exact) mass is 309 g/mol. The molecular weight excluding hydrogens is 290 g/mol. The van der Waals surface area contributed by atoms with Crippen molar-refractivity contribution < 1.29 is 14.3 Å². The molecule has 1 heterocycles. The smallest absolute Gasteiger partial charge is 0.340 e. The molecule has 2 aromatic carbocycles. The number of aryl methyl sites for hydroxylation is 1. The van der Waals surface area contributed by atoms with Crippen LogP contribution in [-0.2, 0) is 16.1 Å². The van der Waals surface area contributed by atoms with E-state index >= 15 is 0 Å². The predicted octanol–water partition coefficient (Wildman–Crippen LogP) is 3.48. The van der Waals surface area contributed by atoms with Crippen LogP contribution < -0.4 is 4.90 Å². The van der Waals surface area contributed by atoms with Crippen molar-refractivity contribution in [2.45, 2.75) is 26.4 Å². The zero-order valence-electron chi connectivity index (χ0n) is 13.1. The van der Waals surface area contributed by atoms with Crippen molar-refractivity contribution in [1.82, 2.24) is 0 Å². The van der Waals surface area contributed by atoms with E-state index in [9.17, 15) is 9.59 Å². The molecule has 3 rings (SSSR count). The SMILES string of the molecule is Cc1cccc(COC(=O)c2ccccc2N2CCCC2=O)c1. The second-order valence-corrected chi connectivity index (χ2v) is 5.73. The molecule has 0 aromatic heterocycles. The molecule has 1 amide bonds. The van der Waals surface area contributed by atoms with Gasteiger partial charge in [-0.15, -0.1) is 0 Å². The van der Waals surface area contributed by atoms with Crippen LogP contribution in [0.1, 0.15) is 34.3 Å². The quantitative estimate of drug-likeness (QED) is 0.812. The first-order valence-corrected chi connectivity index (χ1v) is 7.77. The lowest BCUT2D eigenvalue weighted by Gasteiger charge is -2.18. The first kappa shape index (κ1) is 15.3. The summed E-state index contributed by atoms with van der Waals surface area (Å²) in [4.78, 5) is 26.0. The highest BCUT2D eigenvalue weighted by Gasteiger charge is 2.26. The molecule has 4 nitrogen and oxygen atoms in total. The van der Waals surface area contributed by atoms with E-state index in [0.717, 1.165) is 17.5 Å². The average molecular weight is 309 g/mol. The molecular formula is C19H19NO3. The number of benzene rings is 2. The van der Waals surface area contributed by atoms with Gasteiger partial charge in [0.15, 0.2) is 0 Å². The van der Waals surface area contributed by atoms with E-state index in [1.165, 1.54) is 0 Å². The minimum Gasteiger partial charge on any atom is -0.457 e.